The summed E-state index contributed by atoms with van der Waals surface area (Å²) in [6, 6.07) is 4.01. The standard InChI is InChI=1S/C28H27F2N5O4S.C5H8O2/c1-4-6-34-7-5-23(40(3,38)39)18-9-17-20-14-33(2)28(37)25-24(20)15(11-31-25)13-35(22(17)10-19(18)27(34)36)26-21(30)8-16(29)12-32-26;1-4(2)3-5(6)7/h8-12,14,23,31H,4-7,13H2,1-3H3;1,3H2,2H3,(H,6,7). The predicted molar refractivity (Wildman–Crippen MR) is 174 cm³/mol. The van der Waals surface area contributed by atoms with Crippen LogP contribution in [0.1, 0.15) is 59.8 Å². The number of aromatic nitrogens is 3. The second-order valence-corrected chi connectivity index (χ2v) is 14.2. The van der Waals surface area contributed by atoms with Crippen LogP contribution in [0.15, 0.2) is 53.7 Å². The highest BCUT2D eigenvalue weighted by Gasteiger charge is 2.37. The minimum atomic E-state index is -3.62. The Labute approximate surface area is 270 Å². The summed E-state index contributed by atoms with van der Waals surface area (Å²) in [5.41, 5.74) is 3.52. The smallest absolute Gasteiger partial charge is 0.307 e. The molecule has 3 aromatic heterocycles. The lowest BCUT2D eigenvalue weighted by Crippen LogP contribution is -2.32. The van der Waals surface area contributed by atoms with E-state index in [4.69, 9.17) is 5.11 Å². The van der Waals surface area contributed by atoms with Crippen molar-refractivity contribution in [1.82, 2.24) is 19.4 Å². The van der Waals surface area contributed by atoms with Gasteiger partial charge in [0.25, 0.3) is 11.5 Å². The first kappa shape index (κ1) is 33.5. The quantitative estimate of drug-likeness (QED) is 0.266. The number of rotatable bonds is 6. The Balaban J connectivity index is 0.000000559. The van der Waals surface area contributed by atoms with Gasteiger partial charge in [-0.1, -0.05) is 19.1 Å². The van der Waals surface area contributed by atoms with Crippen LogP contribution in [0.2, 0.25) is 0 Å². The number of hydrogen-bond donors (Lipinski definition) is 2. The van der Waals surface area contributed by atoms with Crippen LogP contribution in [-0.4, -0.2) is 64.2 Å². The minimum Gasteiger partial charge on any atom is -0.481 e. The van der Waals surface area contributed by atoms with E-state index >= 15 is 4.39 Å². The highest BCUT2D eigenvalue weighted by atomic mass is 32.2. The number of amides is 1. The number of carbonyl (C=O) groups is 2. The van der Waals surface area contributed by atoms with Crippen molar-refractivity contribution in [2.75, 3.05) is 24.2 Å². The number of aliphatic carboxylic acids is 1. The Morgan fingerprint density at radius 1 is 1.17 bits per heavy atom. The van der Waals surface area contributed by atoms with E-state index in [9.17, 15) is 27.2 Å². The average Bonchev–Trinajstić information content (AvgIpc) is 3.28. The lowest BCUT2D eigenvalue weighted by molar-refractivity contribution is -0.136. The summed E-state index contributed by atoms with van der Waals surface area (Å²) in [7, 11) is -2.01. The number of aryl methyl sites for hydroxylation is 1. The summed E-state index contributed by atoms with van der Waals surface area (Å²) in [6.45, 7) is 7.83. The van der Waals surface area contributed by atoms with Gasteiger partial charge in [0, 0.05) is 66.9 Å². The summed E-state index contributed by atoms with van der Waals surface area (Å²) in [5, 5.41) is 7.69. The number of benzene rings is 1. The Kier molecular flexibility index (Phi) is 9.09. The number of carbonyl (C=O) groups excluding carboxylic acids is 1. The summed E-state index contributed by atoms with van der Waals surface area (Å²) < 4.78 is 56.6. The minimum absolute atomic E-state index is 0.0594. The number of carboxylic acids is 1. The van der Waals surface area contributed by atoms with Gasteiger partial charge in [-0.15, -0.1) is 0 Å². The van der Waals surface area contributed by atoms with Crippen LogP contribution in [0, 0.1) is 11.6 Å². The molecule has 1 amide bonds. The Hall–Kier alpha value is -4.85. The number of carboxylic acid groups (broad SMARTS) is 1. The molecular formula is C33H35F2N5O6S. The van der Waals surface area contributed by atoms with E-state index in [0.717, 1.165) is 18.5 Å². The van der Waals surface area contributed by atoms with Crippen LogP contribution >= 0.6 is 0 Å². The van der Waals surface area contributed by atoms with Crippen LogP contribution in [0.25, 0.3) is 22.0 Å². The average molecular weight is 668 g/mol. The summed E-state index contributed by atoms with van der Waals surface area (Å²) in [5.74, 6) is -3.03. The number of aromatic amines is 1. The molecule has 0 saturated carbocycles. The predicted octanol–water partition coefficient (Wildman–Crippen LogP) is 5.24. The number of nitrogens with one attached hydrogen (secondary N) is 1. The van der Waals surface area contributed by atoms with Crippen LogP contribution in [0.3, 0.4) is 0 Å². The molecule has 47 heavy (non-hydrogen) atoms. The second-order valence-electron chi connectivity index (χ2n) is 12.0. The lowest BCUT2D eigenvalue weighted by Gasteiger charge is -2.27. The molecule has 248 valence electrons. The largest absolute Gasteiger partial charge is 0.481 e. The lowest BCUT2D eigenvalue weighted by atomic mass is 9.93. The molecule has 0 bridgehead atoms. The molecule has 14 heteroatoms. The van der Waals surface area contributed by atoms with Crippen LogP contribution in [-0.2, 0) is 28.2 Å². The van der Waals surface area contributed by atoms with Gasteiger partial charge in [-0.3, -0.25) is 14.4 Å². The van der Waals surface area contributed by atoms with E-state index in [1.807, 2.05) is 6.92 Å². The number of anilines is 2. The Morgan fingerprint density at radius 2 is 1.89 bits per heavy atom. The van der Waals surface area contributed by atoms with Crippen molar-refractivity contribution in [2.24, 2.45) is 7.05 Å². The SMILES string of the molecule is C=C(C)CC(=O)O.CCCN1CCC(S(C)(=O)=O)c2cc3c(cc2C1=O)N(c1ncc(F)cc1F)Cc1c[nH]c2c(=O)n(C)cc-3c12. The fourth-order valence-corrected chi connectivity index (χ4v) is 7.39. The number of hydrogen-bond acceptors (Lipinski definition) is 7. The first-order valence-corrected chi connectivity index (χ1v) is 16.9. The molecule has 2 aliphatic heterocycles. The zero-order chi connectivity index (χ0) is 34.4. The molecule has 1 aromatic carbocycles. The van der Waals surface area contributed by atoms with Crippen LogP contribution in [0.4, 0.5) is 20.3 Å². The van der Waals surface area contributed by atoms with Crippen molar-refractivity contribution in [1.29, 1.82) is 0 Å². The molecule has 1 unspecified atom stereocenters. The Morgan fingerprint density at radius 3 is 2.49 bits per heavy atom. The number of nitrogens with zero attached hydrogens (tertiary/aromatic N) is 4. The van der Waals surface area contributed by atoms with Crippen molar-refractivity contribution >= 4 is 44.1 Å². The number of halogens is 2. The fourth-order valence-electron chi connectivity index (χ4n) is 6.20. The van der Waals surface area contributed by atoms with Gasteiger partial charge in [0.1, 0.15) is 11.3 Å². The third-order valence-corrected chi connectivity index (χ3v) is 9.72. The first-order chi connectivity index (χ1) is 22.1. The number of sulfone groups is 1. The molecule has 11 nitrogen and oxygen atoms in total. The molecule has 0 radical (unpaired) electrons. The molecule has 2 N–H and O–H groups in total. The highest BCUT2D eigenvalue weighted by molar-refractivity contribution is 7.90. The first-order valence-electron chi connectivity index (χ1n) is 14.9. The maximum atomic E-state index is 15.2. The molecule has 6 rings (SSSR count). The highest BCUT2D eigenvalue weighted by Crippen LogP contribution is 2.47. The zero-order valence-corrected chi connectivity index (χ0v) is 27.2. The van der Waals surface area contributed by atoms with Crippen molar-refractivity contribution in [3.63, 3.8) is 0 Å². The fraction of sp³-hybridized carbons (Fsp3) is 0.333. The number of H-pyrrole nitrogens is 1. The van der Waals surface area contributed by atoms with Gasteiger partial charge in [-0.25, -0.2) is 22.2 Å². The van der Waals surface area contributed by atoms with Crippen LogP contribution < -0.4 is 10.5 Å². The van der Waals surface area contributed by atoms with Crippen LogP contribution in [0.5, 0.6) is 0 Å². The van der Waals surface area contributed by atoms with Gasteiger partial charge in [0.15, 0.2) is 21.5 Å². The maximum Gasteiger partial charge on any atom is 0.307 e. The van der Waals surface area contributed by atoms with E-state index in [1.165, 1.54) is 9.47 Å². The number of fused-ring (bicyclic) bond motifs is 3. The van der Waals surface area contributed by atoms with Gasteiger partial charge in [-0.05, 0) is 43.0 Å². The molecule has 1 atom stereocenters. The molecule has 0 fully saturated rings. The van der Waals surface area contributed by atoms with Crippen molar-refractivity contribution < 1.29 is 31.9 Å². The second kappa shape index (κ2) is 12.7. The monoisotopic (exact) mass is 667 g/mol. The summed E-state index contributed by atoms with van der Waals surface area (Å²) >= 11 is 0. The summed E-state index contributed by atoms with van der Waals surface area (Å²) in [6.07, 6.45) is 6.39. The van der Waals surface area contributed by atoms with Gasteiger partial charge >= 0.3 is 5.97 Å². The molecular weight excluding hydrogens is 632 g/mol. The zero-order valence-electron chi connectivity index (χ0n) is 26.4. The van der Waals surface area contributed by atoms with E-state index in [-0.39, 0.29) is 48.8 Å². The van der Waals surface area contributed by atoms with Gasteiger partial charge in [0.05, 0.1) is 30.1 Å². The maximum absolute atomic E-state index is 15.2. The summed E-state index contributed by atoms with van der Waals surface area (Å²) in [4.78, 5) is 46.8. The van der Waals surface area contributed by atoms with E-state index in [0.29, 0.717) is 57.4 Å². The normalized spacial score (nSPS) is 15.7. The topological polar surface area (TPSA) is 146 Å². The van der Waals surface area contributed by atoms with Crippen molar-refractivity contribution in [2.45, 2.75) is 44.9 Å². The van der Waals surface area contributed by atoms with E-state index < -0.39 is 32.7 Å². The van der Waals surface area contributed by atoms with E-state index in [1.54, 1.807) is 43.4 Å². The molecule has 4 aromatic rings. The van der Waals surface area contributed by atoms with Gasteiger partial charge in [0.2, 0.25) is 0 Å². The Bertz CT molecular complexity index is 2090. The van der Waals surface area contributed by atoms with Gasteiger partial charge < -0.3 is 24.5 Å². The molecule has 2 aliphatic rings. The molecule has 0 spiro atoms. The molecule has 5 heterocycles. The van der Waals surface area contributed by atoms with Crippen molar-refractivity contribution in [3.05, 3.63) is 87.6 Å². The molecule has 0 saturated heterocycles. The van der Waals surface area contributed by atoms with Gasteiger partial charge in [-0.2, -0.15) is 0 Å². The third kappa shape index (κ3) is 6.42. The molecule has 0 aliphatic carbocycles. The third-order valence-electron chi connectivity index (χ3n) is 8.20. The van der Waals surface area contributed by atoms with Crippen molar-refractivity contribution in [3.8, 4) is 11.1 Å². The number of pyridine rings is 2. The van der Waals surface area contributed by atoms with E-state index in [2.05, 4.69) is 16.5 Å².